The Labute approximate surface area is 116 Å². The van der Waals surface area contributed by atoms with Gasteiger partial charge >= 0.3 is 0 Å². The van der Waals surface area contributed by atoms with Gasteiger partial charge in [-0.2, -0.15) is 0 Å². The van der Waals surface area contributed by atoms with Crippen LogP contribution >= 0.6 is 0 Å². The minimum atomic E-state index is -3.71. The summed E-state index contributed by atoms with van der Waals surface area (Å²) >= 11 is 0. The lowest BCUT2D eigenvalue weighted by atomic mass is 10.2. The summed E-state index contributed by atoms with van der Waals surface area (Å²) in [5.41, 5.74) is 5.54. The molecule has 8 heteroatoms. The molecule has 0 aliphatic rings. The number of benzene rings is 1. The van der Waals surface area contributed by atoms with Crippen molar-refractivity contribution < 1.29 is 12.8 Å². The number of rotatable bonds is 5. The van der Waals surface area contributed by atoms with Gasteiger partial charge in [0.15, 0.2) is 0 Å². The third-order valence-corrected chi connectivity index (χ3v) is 4.41. The van der Waals surface area contributed by atoms with Crippen LogP contribution in [0.1, 0.15) is 5.56 Å². The van der Waals surface area contributed by atoms with Crippen molar-refractivity contribution in [2.75, 3.05) is 12.3 Å². The molecular weight excluding hydrogens is 283 g/mol. The summed E-state index contributed by atoms with van der Waals surface area (Å²) in [6, 6.07) is 2.24. The van der Waals surface area contributed by atoms with E-state index in [1.807, 2.05) is 0 Å². The monoisotopic (exact) mass is 298 g/mol. The second kappa shape index (κ2) is 5.59. The lowest BCUT2D eigenvalue weighted by Crippen LogP contribution is -2.28. The summed E-state index contributed by atoms with van der Waals surface area (Å²) in [6.07, 6.45) is 4.93. The van der Waals surface area contributed by atoms with Gasteiger partial charge in [-0.1, -0.05) is 0 Å². The van der Waals surface area contributed by atoms with Gasteiger partial charge in [0.2, 0.25) is 10.0 Å². The third-order valence-electron chi connectivity index (χ3n) is 2.81. The van der Waals surface area contributed by atoms with Gasteiger partial charge in [0, 0.05) is 25.5 Å². The van der Waals surface area contributed by atoms with Gasteiger partial charge in [-0.15, -0.1) is 0 Å². The maximum Gasteiger partial charge on any atom is 0.240 e. The van der Waals surface area contributed by atoms with Gasteiger partial charge < -0.3 is 10.3 Å². The van der Waals surface area contributed by atoms with Gasteiger partial charge in [0.1, 0.15) is 5.82 Å². The molecule has 20 heavy (non-hydrogen) atoms. The van der Waals surface area contributed by atoms with Crippen molar-refractivity contribution in [3.8, 4) is 0 Å². The van der Waals surface area contributed by atoms with E-state index in [0.717, 1.165) is 12.1 Å². The fourth-order valence-electron chi connectivity index (χ4n) is 1.76. The summed E-state index contributed by atoms with van der Waals surface area (Å²) in [6.45, 7) is 2.18. The Morgan fingerprint density at radius 2 is 2.20 bits per heavy atom. The standard InChI is InChI=1S/C12H15FN4O2S/c1-9-6-10(13)11(14)7-12(9)20(18,19)16-3-5-17-4-2-15-8-17/h2,4,6-8,16H,3,5,14H2,1H3. The molecule has 0 amide bonds. The molecule has 0 bridgehead atoms. The molecule has 0 aliphatic heterocycles. The first kappa shape index (κ1) is 14.5. The van der Waals surface area contributed by atoms with E-state index in [-0.39, 0.29) is 17.1 Å². The first-order chi connectivity index (χ1) is 9.40. The Balaban J connectivity index is 2.12. The molecule has 0 aliphatic carbocycles. The number of nitrogen functional groups attached to an aromatic ring is 1. The Morgan fingerprint density at radius 1 is 1.45 bits per heavy atom. The number of imidazole rings is 1. The van der Waals surface area contributed by atoms with Crippen LogP contribution in [0, 0.1) is 12.7 Å². The van der Waals surface area contributed by atoms with Gasteiger partial charge in [-0.25, -0.2) is 22.5 Å². The quantitative estimate of drug-likeness (QED) is 0.802. The molecule has 1 heterocycles. The highest BCUT2D eigenvalue weighted by Crippen LogP contribution is 2.21. The maximum absolute atomic E-state index is 13.2. The molecule has 0 saturated heterocycles. The largest absolute Gasteiger partial charge is 0.396 e. The van der Waals surface area contributed by atoms with Gasteiger partial charge in [-0.05, 0) is 24.6 Å². The highest BCUT2D eigenvalue weighted by molar-refractivity contribution is 7.89. The van der Waals surface area contributed by atoms with Crippen molar-refractivity contribution in [1.29, 1.82) is 0 Å². The van der Waals surface area contributed by atoms with Gasteiger partial charge in [-0.3, -0.25) is 0 Å². The molecule has 0 atom stereocenters. The van der Waals surface area contributed by atoms with E-state index in [9.17, 15) is 12.8 Å². The molecule has 0 spiro atoms. The molecule has 2 aromatic rings. The SMILES string of the molecule is Cc1cc(F)c(N)cc1S(=O)(=O)NCCn1ccnc1. The summed E-state index contributed by atoms with van der Waals surface area (Å²) in [5.74, 6) is -0.625. The maximum atomic E-state index is 13.2. The minimum absolute atomic E-state index is 0.0120. The van der Waals surface area contributed by atoms with Crippen molar-refractivity contribution in [3.63, 3.8) is 0 Å². The molecule has 1 aromatic heterocycles. The topological polar surface area (TPSA) is 90.0 Å². The van der Waals surface area contributed by atoms with Crippen molar-refractivity contribution in [1.82, 2.24) is 14.3 Å². The number of aryl methyl sites for hydroxylation is 1. The van der Waals surface area contributed by atoms with E-state index in [1.54, 1.807) is 23.3 Å². The predicted octanol–water partition coefficient (Wildman–Crippen LogP) is 0.891. The molecule has 0 radical (unpaired) electrons. The molecule has 0 unspecified atom stereocenters. The molecule has 108 valence electrons. The summed E-state index contributed by atoms with van der Waals surface area (Å²) in [5, 5.41) is 0. The van der Waals surface area contributed by atoms with Crippen LogP contribution in [0.5, 0.6) is 0 Å². The molecule has 0 saturated carbocycles. The van der Waals surface area contributed by atoms with Crippen LogP contribution in [0.3, 0.4) is 0 Å². The Morgan fingerprint density at radius 3 is 2.85 bits per heavy atom. The first-order valence-electron chi connectivity index (χ1n) is 5.91. The van der Waals surface area contributed by atoms with Gasteiger partial charge in [0.05, 0.1) is 16.9 Å². The number of anilines is 1. The number of aromatic nitrogens is 2. The first-order valence-corrected chi connectivity index (χ1v) is 7.39. The third kappa shape index (κ3) is 3.14. The van der Waals surface area contributed by atoms with Crippen LogP contribution in [-0.4, -0.2) is 24.5 Å². The van der Waals surface area contributed by atoms with E-state index < -0.39 is 15.8 Å². The number of sulfonamides is 1. The number of halogens is 1. The number of hydrogen-bond acceptors (Lipinski definition) is 4. The molecule has 6 nitrogen and oxygen atoms in total. The molecule has 2 rings (SSSR count). The van der Waals surface area contributed by atoms with Crippen molar-refractivity contribution >= 4 is 15.7 Å². The Bertz CT molecular complexity index is 698. The molecule has 3 N–H and O–H groups in total. The zero-order valence-corrected chi connectivity index (χ0v) is 11.7. The van der Waals surface area contributed by atoms with Crippen molar-refractivity contribution in [2.24, 2.45) is 0 Å². The molecular formula is C12H15FN4O2S. The average molecular weight is 298 g/mol. The fourth-order valence-corrected chi connectivity index (χ4v) is 3.04. The number of nitrogens with two attached hydrogens (primary N) is 1. The van der Waals surface area contributed by atoms with Crippen molar-refractivity contribution in [2.45, 2.75) is 18.4 Å². The van der Waals surface area contributed by atoms with Crippen LogP contribution in [0.2, 0.25) is 0 Å². The van der Waals surface area contributed by atoms with E-state index in [4.69, 9.17) is 5.73 Å². The Kier molecular flexibility index (Phi) is 4.05. The second-order valence-corrected chi connectivity index (χ2v) is 6.07. The summed E-state index contributed by atoms with van der Waals surface area (Å²) < 4.78 is 41.7. The molecule has 0 fully saturated rings. The Hall–Kier alpha value is -1.93. The lowest BCUT2D eigenvalue weighted by Gasteiger charge is -2.11. The predicted molar refractivity (Wildman–Crippen MR) is 73.0 cm³/mol. The van der Waals surface area contributed by atoms with E-state index in [0.29, 0.717) is 12.1 Å². The van der Waals surface area contributed by atoms with Crippen molar-refractivity contribution in [3.05, 3.63) is 42.2 Å². The minimum Gasteiger partial charge on any atom is -0.396 e. The molecule has 1 aromatic carbocycles. The van der Waals surface area contributed by atoms with Crippen LogP contribution < -0.4 is 10.5 Å². The summed E-state index contributed by atoms with van der Waals surface area (Å²) in [7, 11) is -3.71. The highest BCUT2D eigenvalue weighted by atomic mass is 32.2. The number of nitrogens with zero attached hydrogens (tertiary/aromatic N) is 2. The average Bonchev–Trinajstić information content (AvgIpc) is 2.86. The normalized spacial score (nSPS) is 11.7. The fraction of sp³-hybridized carbons (Fsp3) is 0.250. The zero-order chi connectivity index (χ0) is 14.8. The zero-order valence-electron chi connectivity index (χ0n) is 10.9. The van der Waals surface area contributed by atoms with Crippen LogP contribution in [0.15, 0.2) is 35.7 Å². The van der Waals surface area contributed by atoms with E-state index >= 15 is 0 Å². The number of hydrogen-bond donors (Lipinski definition) is 2. The smallest absolute Gasteiger partial charge is 0.240 e. The van der Waals surface area contributed by atoms with Crippen LogP contribution in [-0.2, 0) is 16.6 Å². The van der Waals surface area contributed by atoms with Crippen LogP contribution in [0.4, 0.5) is 10.1 Å². The summed E-state index contributed by atoms with van der Waals surface area (Å²) in [4.78, 5) is 3.85. The van der Waals surface area contributed by atoms with E-state index in [2.05, 4.69) is 9.71 Å². The highest BCUT2D eigenvalue weighted by Gasteiger charge is 2.18. The van der Waals surface area contributed by atoms with Crippen LogP contribution in [0.25, 0.3) is 0 Å². The van der Waals surface area contributed by atoms with Gasteiger partial charge in [0.25, 0.3) is 0 Å². The lowest BCUT2D eigenvalue weighted by molar-refractivity contribution is 0.571. The number of nitrogens with one attached hydrogen (secondary N) is 1. The van der Waals surface area contributed by atoms with E-state index in [1.165, 1.54) is 6.92 Å². The second-order valence-electron chi connectivity index (χ2n) is 4.34.